The molecule has 4 atom stereocenters. The van der Waals surface area contributed by atoms with Gasteiger partial charge in [0.15, 0.2) is 5.69 Å². The highest BCUT2D eigenvalue weighted by Gasteiger charge is 2.55. The molecule has 1 saturated heterocycles. The molecule has 3 fully saturated rings. The molecule has 35 heavy (non-hydrogen) atoms. The number of amides is 4. The Morgan fingerprint density at radius 1 is 1.23 bits per heavy atom. The van der Waals surface area contributed by atoms with Crippen molar-refractivity contribution in [1.82, 2.24) is 30.5 Å². The summed E-state index contributed by atoms with van der Waals surface area (Å²) in [5.74, 6) is 2.32. The monoisotopic (exact) mass is 472 g/mol. The van der Waals surface area contributed by atoms with Crippen LogP contribution in [0.15, 0.2) is 24.4 Å². The minimum Gasteiger partial charge on any atom is -0.334 e. The number of nitrogens with one attached hydrogen (secondary N) is 2. The molecule has 1 aromatic heterocycles. The molecule has 178 valence electrons. The Bertz CT molecular complexity index is 1330. The number of benzene rings is 1. The number of piperidine rings is 1. The molecule has 2 aliphatic heterocycles. The number of carbonyl (C=O) groups excluding carboxylic acids is 4. The molecule has 4 amide bonds. The molecule has 2 N–H and O–H groups in total. The summed E-state index contributed by atoms with van der Waals surface area (Å²) in [6.45, 7) is 0.294. The average Bonchev–Trinajstić information content (AvgIpc) is 3.55. The van der Waals surface area contributed by atoms with Crippen molar-refractivity contribution in [2.75, 3.05) is 0 Å². The average molecular weight is 473 g/mol. The zero-order chi connectivity index (χ0) is 24.3. The Hall–Kier alpha value is -4.00. The molecule has 0 spiro atoms. The Kier molecular flexibility index (Phi) is 4.78. The van der Waals surface area contributed by atoms with Crippen LogP contribution in [-0.4, -0.2) is 55.1 Å². The molecule has 4 aliphatic rings. The molecule has 0 radical (unpaired) electrons. The summed E-state index contributed by atoms with van der Waals surface area (Å²) < 4.78 is 1.44. The smallest absolute Gasteiger partial charge is 0.274 e. The van der Waals surface area contributed by atoms with E-state index in [4.69, 9.17) is 6.42 Å². The summed E-state index contributed by atoms with van der Waals surface area (Å²) in [7, 11) is 0. The first kappa shape index (κ1) is 21.5. The van der Waals surface area contributed by atoms with Gasteiger partial charge in [-0.3, -0.25) is 24.5 Å². The number of imide groups is 1. The molecule has 2 saturated carbocycles. The molecule has 4 unspecified atom stereocenters. The first-order valence-electron chi connectivity index (χ1n) is 11.9. The van der Waals surface area contributed by atoms with E-state index < -0.39 is 17.5 Å². The highest BCUT2D eigenvalue weighted by molar-refractivity contribution is 6.05. The number of aromatic nitrogens is 3. The van der Waals surface area contributed by atoms with Gasteiger partial charge in [0.25, 0.3) is 11.8 Å². The molecule has 3 heterocycles. The predicted molar refractivity (Wildman–Crippen MR) is 122 cm³/mol. The Morgan fingerprint density at radius 2 is 2.09 bits per heavy atom. The number of hydrogen-bond acceptors (Lipinski definition) is 6. The second-order valence-corrected chi connectivity index (χ2v) is 9.86. The van der Waals surface area contributed by atoms with Crippen LogP contribution in [0.1, 0.15) is 64.9 Å². The van der Waals surface area contributed by atoms with Crippen LogP contribution in [0.25, 0.3) is 5.69 Å². The van der Waals surface area contributed by atoms with E-state index in [-0.39, 0.29) is 29.8 Å². The molecule has 0 bridgehead atoms. The topological polar surface area (TPSA) is 126 Å². The zero-order valence-corrected chi connectivity index (χ0v) is 19.0. The highest BCUT2D eigenvalue weighted by atomic mass is 16.2. The maximum atomic E-state index is 13.1. The normalized spacial score (nSPS) is 29.2. The van der Waals surface area contributed by atoms with E-state index in [1.54, 1.807) is 18.2 Å². The fourth-order valence-electron chi connectivity index (χ4n) is 6.13. The lowest BCUT2D eigenvalue weighted by molar-refractivity contribution is -0.136. The van der Waals surface area contributed by atoms with Gasteiger partial charge in [-0.25, -0.2) is 4.68 Å². The van der Waals surface area contributed by atoms with Crippen LogP contribution in [-0.2, 0) is 16.1 Å². The van der Waals surface area contributed by atoms with E-state index in [0.29, 0.717) is 36.1 Å². The van der Waals surface area contributed by atoms with Gasteiger partial charge in [0.2, 0.25) is 11.8 Å². The van der Waals surface area contributed by atoms with Crippen LogP contribution >= 0.6 is 0 Å². The summed E-state index contributed by atoms with van der Waals surface area (Å²) in [5.41, 5.74) is 1.36. The van der Waals surface area contributed by atoms with Gasteiger partial charge >= 0.3 is 0 Å². The van der Waals surface area contributed by atoms with Crippen LogP contribution < -0.4 is 10.6 Å². The molecule has 1 aromatic carbocycles. The third-order valence-electron chi connectivity index (χ3n) is 7.97. The second kappa shape index (κ2) is 7.77. The molecular formula is C25H24N6O4. The van der Waals surface area contributed by atoms with Gasteiger partial charge in [-0.15, -0.1) is 11.5 Å². The van der Waals surface area contributed by atoms with Crippen LogP contribution in [0, 0.1) is 24.2 Å². The summed E-state index contributed by atoms with van der Waals surface area (Å²) in [4.78, 5) is 51.2. The van der Waals surface area contributed by atoms with E-state index in [0.717, 1.165) is 31.2 Å². The molecule has 2 aliphatic carbocycles. The number of rotatable bonds is 4. The third-order valence-corrected chi connectivity index (χ3v) is 7.97. The van der Waals surface area contributed by atoms with E-state index in [2.05, 4.69) is 26.9 Å². The lowest BCUT2D eigenvalue weighted by atomic mass is 9.61. The largest absolute Gasteiger partial charge is 0.334 e. The van der Waals surface area contributed by atoms with Gasteiger partial charge < -0.3 is 10.2 Å². The van der Waals surface area contributed by atoms with Crippen LogP contribution in [0.2, 0.25) is 0 Å². The summed E-state index contributed by atoms with van der Waals surface area (Å²) in [6, 6.07) is 4.59. The van der Waals surface area contributed by atoms with Gasteiger partial charge in [-0.1, -0.05) is 23.6 Å². The van der Waals surface area contributed by atoms with Crippen LogP contribution in [0.3, 0.4) is 0 Å². The lowest BCUT2D eigenvalue weighted by Crippen LogP contribution is -2.62. The van der Waals surface area contributed by atoms with Gasteiger partial charge in [0, 0.05) is 18.5 Å². The quantitative estimate of drug-likeness (QED) is 0.504. The fraction of sp³-hybridized carbons (Fsp3) is 0.440. The summed E-state index contributed by atoms with van der Waals surface area (Å²) in [5, 5.41) is 13.4. The number of fused-ring (bicyclic) bond motifs is 2. The Morgan fingerprint density at radius 3 is 2.86 bits per heavy atom. The number of terminal acetylenes is 1. The second-order valence-electron chi connectivity index (χ2n) is 9.86. The summed E-state index contributed by atoms with van der Waals surface area (Å²) >= 11 is 0. The number of carbonyl (C=O) groups is 4. The van der Waals surface area contributed by atoms with E-state index in [1.807, 2.05) is 0 Å². The van der Waals surface area contributed by atoms with Crippen LogP contribution in [0.4, 0.5) is 0 Å². The first-order valence-corrected chi connectivity index (χ1v) is 11.9. The molecule has 2 aromatic rings. The third kappa shape index (κ3) is 3.33. The number of hydrogen-bond donors (Lipinski definition) is 2. The van der Waals surface area contributed by atoms with Crippen molar-refractivity contribution < 1.29 is 19.2 Å². The molecule has 10 heteroatoms. The predicted octanol–water partition coefficient (Wildman–Crippen LogP) is 0.950. The minimum absolute atomic E-state index is 0.151. The lowest BCUT2D eigenvalue weighted by Gasteiger charge is -2.49. The maximum Gasteiger partial charge on any atom is 0.274 e. The van der Waals surface area contributed by atoms with Crippen molar-refractivity contribution in [3.63, 3.8) is 0 Å². The SMILES string of the molecule is C#CC1(NC(=O)c2cn(-c3ccc4c(c3)C(=O)N(C3CCC(=O)NC3=O)C4)nn2)CC2CCCC21. The zero-order valence-electron chi connectivity index (χ0n) is 19.0. The van der Waals surface area contributed by atoms with Crippen molar-refractivity contribution in [2.24, 2.45) is 11.8 Å². The van der Waals surface area contributed by atoms with Crippen molar-refractivity contribution >= 4 is 23.6 Å². The molecular weight excluding hydrogens is 448 g/mol. The van der Waals surface area contributed by atoms with Gasteiger partial charge in [-0.2, -0.15) is 0 Å². The minimum atomic E-state index is -0.674. The Labute approximate surface area is 201 Å². The first-order chi connectivity index (χ1) is 16.9. The van der Waals surface area contributed by atoms with Gasteiger partial charge in [-0.05, 0) is 55.2 Å². The maximum absolute atomic E-state index is 13.1. The van der Waals surface area contributed by atoms with Crippen molar-refractivity contribution in [3.8, 4) is 18.0 Å². The molecule has 6 rings (SSSR count). The fourth-order valence-corrected chi connectivity index (χ4v) is 6.13. The van der Waals surface area contributed by atoms with Crippen molar-refractivity contribution in [1.29, 1.82) is 0 Å². The van der Waals surface area contributed by atoms with Gasteiger partial charge in [0.1, 0.15) is 11.6 Å². The van der Waals surface area contributed by atoms with E-state index >= 15 is 0 Å². The standard InChI is InChI=1S/C25H24N6O4/c1-2-25(11-14-4-3-5-18(14)25)27-22(33)19-13-31(29-28-19)16-7-6-15-12-30(24(35)17(15)10-16)20-8-9-21(32)26-23(20)34/h1,6-7,10,13-14,18,20H,3-5,8-9,11-12H2,(H,27,33)(H,26,32,34). The van der Waals surface area contributed by atoms with Crippen LogP contribution in [0.5, 0.6) is 0 Å². The van der Waals surface area contributed by atoms with E-state index in [9.17, 15) is 19.2 Å². The summed E-state index contributed by atoms with van der Waals surface area (Å²) in [6.07, 6.45) is 12.0. The number of nitrogens with zero attached hydrogens (tertiary/aromatic N) is 4. The van der Waals surface area contributed by atoms with Gasteiger partial charge in [0.05, 0.1) is 11.9 Å². The Balaban J connectivity index is 1.19. The van der Waals surface area contributed by atoms with Crippen molar-refractivity contribution in [3.05, 3.63) is 41.2 Å². The highest BCUT2D eigenvalue weighted by Crippen LogP contribution is 2.53. The molecule has 10 nitrogen and oxygen atoms in total. The van der Waals surface area contributed by atoms with Crippen molar-refractivity contribution in [2.45, 2.75) is 56.7 Å². The van der Waals surface area contributed by atoms with E-state index in [1.165, 1.54) is 15.8 Å².